The van der Waals surface area contributed by atoms with E-state index in [4.69, 9.17) is 0 Å². The average molecular weight is 142 g/mol. The molecule has 0 spiro atoms. The van der Waals surface area contributed by atoms with Crippen molar-refractivity contribution in [1.29, 1.82) is 0 Å². The van der Waals surface area contributed by atoms with Crippen molar-refractivity contribution in [2.45, 2.75) is 46.1 Å². The Hall–Kier alpha value is -0.0400. The van der Waals surface area contributed by atoms with Crippen LogP contribution in [0.2, 0.25) is 0 Å². The fourth-order valence-electron chi connectivity index (χ4n) is 2.25. The van der Waals surface area contributed by atoms with E-state index in [-0.39, 0.29) is 6.10 Å². The van der Waals surface area contributed by atoms with Gasteiger partial charge in [0.2, 0.25) is 0 Å². The molecule has 1 nitrogen and oxygen atoms in total. The van der Waals surface area contributed by atoms with Crippen molar-refractivity contribution in [2.24, 2.45) is 11.3 Å². The molecule has 0 aromatic heterocycles. The SMILES string of the molecule is CC(O)C1CCCC1(C)C. The quantitative estimate of drug-likeness (QED) is 0.595. The van der Waals surface area contributed by atoms with Gasteiger partial charge in [0.15, 0.2) is 0 Å². The number of hydrogen-bond acceptors (Lipinski definition) is 1. The molecule has 1 N–H and O–H groups in total. The maximum atomic E-state index is 9.39. The first kappa shape index (κ1) is 8.06. The molecule has 2 atom stereocenters. The van der Waals surface area contributed by atoms with E-state index in [0.29, 0.717) is 11.3 Å². The van der Waals surface area contributed by atoms with Crippen molar-refractivity contribution in [3.05, 3.63) is 0 Å². The Balaban J connectivity index is 2.59. The zero-order valence-electron chi connectivity index (χ0n) is 7.22. The van der Waals surface area contributed by atoms with Gasteiger partial charge in [-0.3, -0.25) is 0 Å². The van der Waals surface area contributed by atoms with Crippen molar-refractivity contribution < 1.29 is 5.11 Å². The first-order valence-electron chi connectivity index (χ1n) is 4.22. The highest BCUT2D eigenvalue weighted by Gasteiger charge is 2.36. The van der Waals surface area contributed by atoms with Crippen LogP contribution in [-0.4, -0.2) is 11.2 Å². The third-order valence-corrected chi connectivity index (χ3v) is 2.92. The standard InChI is InChI=1S/C9H18O/c1-7(10)8-5-4-6-9(8,2)3/h7-8,10H,4-6H2,1-3H3. The Bertz CT molecular complexity index is 116. The zero-order valence-corrected chi connectivity index (χ0v) is 7.22. The second kappa shape index (κ2) is 2.54. The third-order valence-electron chi connectivity index (χ3n) is 2.92. The molecule has 10 heavy (non-hydrogen) atoms. The Labute approximate surface area is 63.4 Å². The highest BCUT2D eigenvalue weighted by Crippen LogP contribution is 2.44. The van der Waals surface area contributed by atoms with Gasteiger partial charge in [0.1, 0.15) is 0 Å². The number of rotatable bonds is 1. The van der Waals surface area contributed by atoms with Crippen molar-refractivity contribution in [3.63, 3.8) is 0 Å². The van der Waals surface area contributed by atoms with E-state index in [2.05, 4.69) is 13.8 Å². The molecular weight excluding hydrogens is 124 g/mol. The van der Waals surface area contributed by atoms with E-state index >= 15 is 0 Å². The smallest absolute Gasteiger partial charge is 0.0545 e. The summed E-state index contributed by atoms with van der Waals surface area (Å²) in [6, 6.07) is 0. The summed E-state index contributed by atoms with van der Waals surface area (Å²) >= 11 is 0. The van der Waals surface area contributed by atoms with Crippen LogP contribution in [0, 0.1) is 11.3 Å². The van der Waals surface area contributed by atoms with Crippen LogP contribution in [-0.2, 0) is 0 Å². The van der Waals surface area contributed by atoms with Crippen LogP contribution in [0.1, 0.15) is 40.0 Å². The summed E-state index contributed by atoms with van der Waals surface area (Å²) in [7, 11) is 0. The van der Waals surface area contributed by atoms with Gasteiger partial charge in [-0.1, -0.05) is 20.3 Å². The summed E-state index contributed by atoms with van der Waals surface area (Å²) in [5.74, 6) is 0.535. The monoisotopic (exact) mass is 142 g/mol. The van der Waals surface area contributed by atoms with Gasteiger partial charge in [-0.2, -0.15) is 0 Å². The Morgan fingerprint density at radius 3 is 2.30 bits per heavy atom. The van der Waals surface area contributed by atoms with Crippen LogP contribution >= 0.6 is 0 Å². The minimum atomic E-state index is -0.113. The van der Waals surface area contributed by atoms with Crippen LogP contribution in [0.3, 0.4) is 0 Å². The molecule has 0 bridgehead atoms. The lowest BCUT2D eigenvalue weighted by atomic mass is 9.79. The molecule has 0 aliphatic heterocycles. The molecule has 0 aromatic carbocycles. The predicted molar refractivity (Wildman–Crippen MR) is 42.8 cm³/mol. The molecular formula is C9H18O. The van der Waals surface area contributed by atoms with E-state index in [9.17, 15) is 5.11 Å². The Kier molecular flexibility index (Phi) is 2.04. The van der Waals surface area contributed by atoms with E-state index in [0.717, 1.165) is 0 Å². The summed E-state index contributed by atoms with van der Waals surface area (Å²) in [4.78, 5) is 0. The molecule has 1 rings (SSSR count). The van der Waals surface area contributed by atoms with E-state index < -0.39 is 0 Å². The molecule has 1 aliphatic rings. The minimum Gasteiger partial charge on any atom is -0.393 e. The molecule has 1 heteroatoms. The second-order valence-electron chi connectivity index (χ2n) is 4.23. The largest absolute Gasteiger partial charge is 0.393 e. The van der Waals surface area contributed by atoms with E-state index in [1.54, 1.807) is 0 Å². The molecule has 1 saturated carbocycles. The highest BCUT2D eigenvalue weighted by molar-refractivity contribution is 4.87. The van der Waals surface area contributed by atoms with Gasteiger partial charge in [0, 0.05) is 0 Å². The normalized spacial score (nSPS) is 34.2. The van der Waals surface area contributed by atoms with Crippen LogP contribution < -0.4 is 0 Å². The van der Waals surface area contributed by atoms with Gasteiger partial charge < -0.3 is 5.11 Å². The van der Waals surface area contributed by atoms with E-state index in [1.807, 2.05) is 6.92 Å². The fourth-order valence-corrected chi connectivity index (χ4v) is 2.25. The second-order valence-corrected chi connectivity index (χ2v) is 4.23. The third kappa shape index (κ3) is 1.34. The Morgan fingerprint density at radius 1 is 1.50 bits per heavy atom. The first-order chi connectivity index (χ1) is 4.54. The summed E-state index contributed by atoms with van der Waals surface area (Å²) in [6.07, 6.45) is 3.67. The molecule has 0 saturated heterocycles. The molecule has 2 unspecified atom stereocenters. The topological polar surface area (TPSA) is 20.2 Å². The van der Waals surface area contributed by atoms with Gasteiger partial charge in [-0.25, -0.2) is 0 Å². The minimum absolute atomic E-state index is 0.113. The molecule has 1 fully saturated rings. The molecule has 0 heterocycles. The lowest BCUT2D eigenvalue weighted by Gasteiger charge is -2.29. The maximum absolute atomic E-state index is 9.39. The lowest BCUT2D eigenvalue weighted by molar-refractivity contribution is 0.0682. The maximum Gasteiger partial charge on any atom is 0.0545 e. The zero-order chi connectivity index (χ0) is 7.78. The summed E-state index contributed by atoms with van der Waals surface area (Å²) in [5, 5.41) is 9.39. The average Bonchev–Trinajstić information content (AvgIpc) is 2.08. The fraction of sp³-hybridized carbons (Fsp3) is 1.00. The van der Waals surface area contributed by atoms with Crippen LogP contribution in [0.5, 0.6) is 0 Å². The summed E-state index contributed by atoms with van der Waals surface area (Å²) < 4.78 is 0. The predicted octanol–water partition coefficient (Wildman–Crippen LogP) is 2.19. The number of aliphatic hydroxyl groups excluding tert-OH is 1. The van der Waals surface area contributed by atoms with Crippen molar-refractivity contribution in [1.82, 2.24) is 0 Å². The molecule has 60 valence electrons. The first-order valence-corrected chi connectivity index (χ1v) is 4.22. The lowest BCUT2D eigenvalue weighted by Crippen LogP contribution is -2.27. The van der Waals surface area contributed by atoms with Crippen molar-refractivity contribution in [3.8, 4) is 0 Å². The van der Waals surface area contributed by atoms with Crippen LogP contribution in [0.4, 0.5) is 0 Å². The number of aliphatic hydroxyl groups is 1. The van der Waals surface area contributed by atoms with Crippen molar-refractivity contribution in [2.75, 3.05) is 0 Å². The highest BCUT2D eigenvalue weighted by atomic mass is 16.3. The summed E-state index contributed by atoms with van der Waals surface area (Å²) in [6.45, 7) is 6.44. The van der Waals surface area contributed by atoms with Gasteiger partial charge >= 0.3 is 0 Å². The molecule has 1 aliphatic carbocycles. The number of hydrogen-bond donors (Lipinski definition) is 1. The molecule has 0 radical (unpaired) electrons. The molecule has 0 aromatic rings. The van der Waals surface area contributed by atoms with Gasteiger partial charge in [0.05, 0.1) is 6.10 Å². The van der Waals surface area contributed by atoms with Crippen LogP contribution in [0.15, 0.2) is 0 Å². The molecule has 0 amide bonds. The van der Waals surface area contributed by atoms with Gasteiger partial charge in [0.25, 0.3) is 0 Å². The van der Waals surface area contributed by atoms with Gasteiger partial charge in [-0.15, -0.1) is 0 Å². The summed E-state index contributed by atoms with van der Waals surface area (Å²) in [5.41, 5.74) is 0.383. The Morgan fingerprint density at radius 2 is 2.10 bits per heavy atom. The van der Waals surface area contributed by atoms with Crippen molar-refractivity contribution >= 4 is 0 Å². The van der Waals surface area contributed by atoms with E-state index in [1.165, 1.54) is 19.3 Å². The van der Waals surface area contributed by atoms with Gasteiger partial charge in [-0.05, 0) is 31.1 Å². The van der Waals surface area contributed by atoms with Crippen LogP contribution in [0.25, 0.3) is 0 Å².